The Balaban J connectivity index is 1.72. The van der Waals surface area contributed by atoms with Crippen molar-refractivity contribution in [3.8, 4) is 5.75 Å². The van der Waals surface area contributed by atoms with Gasteiger partial charge >= 0.3 is 17.8 Å². The fourth-order valence-corrected chi connectivity index (χ4v) is 2.91. The van der Waals surface area contributed by atoms with Crippen LogP contribution in [0.1, 0.15) is 25.3 Å². The summed E-state index contributed by atoms with van der Waals surface area (Å²) >= 11 is 0. The van der Waals surface area contributed by atoms with E-state index in [1.807, 2.05) is 24.3 Å². The molecule has 1 aliphatic heterocycles. The maximum Gasteiger partial charge on any atom is 0.311 e. The summed E-state index contributed by atoms with van der Waals surface area (Å²) in [6.45, 7) is 3.31. The third kappa shape index (κ3) is 5.47. The van der Waals surface area contributed by atoms with Crippen LogP contribution >= 0.6 is 0 Å². The monoisotopic (exact) mass is 362 g/mol. The molecule has 1 aromatic carbocycles. The Morgan fingerprint density at radius 3 is 2.38 bits per heavy atom. The van der Waals surface area contributed by atoms with Gasteiger partial charge in [-0.3, -0.25) is 14.4 Å². The molecular weight excluding hydrogens is 336 g/mol. The van der Waals surface area contributed by atoms with Crippen LogP contribution in [0.25, 0.3) is 0 Å². The molecule has 0 unspecified atom stereocenters. The quantitative estimate of drug-likeness (QED) is 0.606. The molecule has 1 fully saturated rings. The summed E-state index contributed by atoms with van der Waals surface area (Å²) in [6.07, 6.45) is 1.70. The van der Waals surface area contributed by atoms with Crippen molar-refractivity contribution in [2.75, 3.05) is 33.4 Å². The first kappa shape index (κ1) is 19.8. The van der Waals surface area contributed by atoms with Gasteiger partial charge in [-0.2, -0.15) is 0 Å². The largest absolute Gasteiger partial charge is 0.497 e. The third-order valence-corrected chi connectivity index (χ3v) is 4.45. The first-order valence-electron chi connectivity index (χ1n) is 8.91. The van der Waals surface area contributed by atoms with Gasteiger partial charge in [-0.15, -0.1) is 0 Å². The van der Waals surface area contributed by atoms with E-state index in [2.05, 4.69) is 5.32 Å². The Labute approximate surface area is 153 Å². The number of carbonyl (C=O) groups is 3. The van der Waals surface area contributed by atoms with Crippen LogP contribution in [0, 0.1) is 5.92 Å². The minimum atomic E-state index is -0.604. The Morgan fingerprint density at radius 2 is 1.81 bits per heavy atom. The van der Waals surface area contributed by atoms with Gasteiger partial charge < -0.3 is 19.7 Å². The molecule has 142 valence electrons. The van der Waals surface area contributed by atoms with Gasteiger partial charge in [0.1, 0.15) is 5.75 Å². The van der Waals surface area contributed by atoms with Crippen molar-refractivity contribution in [2.45, 2.75) is 26.2 Å². The molecule has 7 nitrogen and oxygen atoms in total. The van der Waals surface area contributed by atoms with Crippen LogP contribution < -0.4 is 10.1 Å². The molecule has 0 radical (unpaired) electrons. The van der Waals surface area contributed by atoms with Crippen LogP contribution in [-0.4, -0.2) is 56.0 Å². The van der Waals surface area contributed by atoms with Crippen molar-refractivity contribution in [1.29, 1.82) is 0 Å². The molecule has 2 amide bonds. The molecule has 0 atom stereocenters. The molecular formula is C19H26N2O5. The van der Waals surface area contributed by atoms with Gasteiger partial charge in [0.2, 0.25) is 0 Å². The van der Waals surface area contributed by atoms with E-state index in [1.54, 1.807) is 14.0 Å². The van der Waals surface area contributed by atoms with E-state index < -0.39 is 11.8 Å². The van der Waals surface area contributed by atoms with Crippen molar-refractivity contribution >= 4 is 17.8 Å². The topological polar surface area (TPSA) is 84.9 Å². The smallest absolute Gasteiger partial charge is 0.311 e. The van der Waals surface area contributed by atoms with Crippen LogP contribution in [0.15, 0.2) is 24.3 Å². The Hall–Kier alpha value is -2.57. The summed E-state index contributed by atoms with van der Waals surface area (Å²) in [6, 6.07) is 7.56. The van der Waals surface area contributed by atoms with Crippen LogP contribution in [0.4, 0.5) is 0 Å². The number of amides is 2. The second kappa shape index (κ2) is 9.79. The number of carbonyl (C=O) groups excluding carboxylic acids is 3. The van der Waals surface area contributed by atoms with Gasteiger partial charge in [0, 0.05) is 19.6 Å². The second-order valence-corrected chi connectivity index (χ2v) is 6.17. The highest BCUT2D eigenvalue weighted by molar-refractivity contribution is 6.35. The van der Waals surface area contributed by atoms with Gasteiger partial charge in [-0.05, 0) is 43.9 Å². The molecule has 0 aromatic heterocycles. The Bertz CT molecular complexity index is 621. The van der Waals surface area contributed by atoms with E-state index in [-0.39, 0.29) is 11.9 Å². The fourth-order valence-electron chi connectivity index (χ4n) is 2.91. The lowest BCUT2D eigenvalue weighted by molar-refractivity contribution is -0.152. The lowest BCUT2D eigenvalue weighted by Crippen LogP contribution is -2.47. The molecule has 1 saturated heterocycles. The molecule has 2 rings (SSSR count). The average molecular weight is 362 g/mol. The molecule has 1 aliphatic rings. The summed E-state index contributed by atoms with van der Waals surface area (Å²) in [4.78, 5) is 37.5. The molecule has 0 bridgehead atoms. The number of methoxy groups -OCH3 is 1. The first-order chi connectivity index (χ1) is 12.5. The normalized spacial score (nSPS) is 14.6. The summed E-state index contributed by atoms with van der Waals surface area (Å²) in [7, 11) is 1.61. The molecule has 0 saturated carbocycles. The van der Waals surface area contributed by atoms with E-state index in [0.717, 1.165) is 11.3 Å². The summed E-state index contributed by atoms with van der Waals surface area (Å²) in [5.74, 6) is -0.769. The molecule has 1 aromatic rings. The van der Waals surface area contributed by atoms with Gasteiger partial charge in [0.25, 0.3) is 0 Å². The van der Waals surface area contributed by atoms with E-state index in [9.17, 15) is 14.4 Å². The Kier molecular flexibility index (Phi) is 7.44. The van der Waals surface area contributed by atoms with Gasteiger partial charge in [-0.1, -0.05) is 12.1 Å². The van der Waals surface area contributed by atoms with Crippen molar-refractivity contribution in [1.82, 2.24) is 10.2 Å². The van der Waals surface area contributed by atoms with Crippen LogP contribution in [0.3, 0.4) is 0 Å². The van der Waals surface area contributed by atoms with E-state index in [0.29, 0.717) is 45.5 Å². The Morgan fingerprint density at radius 1 is 1.15 bits per heavy atom. The zero-order valence-electron chi connectivity index (χ0n) is 15.3. The summed E-state index contributed by atoms with van der Waals surface area (Å²) < 4.78 is 10.1. The van der Waals surface area contributed by atoms with Crippen molar-refractivity contribution in [3.63, 3.8) is 0 Å². The fraction of sp³-hybridized carbons (Fsp3) is 0.526. The number of ether oxygens (including phenoxy) is 2. The highest BCUT2D eigenvalue weighted by Crippen LogP contribution is 2.18. The maximum absolute atomic E-state index is 12.2. The molecule has 0 aliphatic carbocycles. The van der Waals surface area contributed by atoms with Crippen LogP contribution in [-0.2, 0) is 25.5 Å². The molecule has 1 heterocycles. The number of benzene rings is 1. The van der Waals surface area contributed by atoms with E-state index in [1.165, 1.54) is 4.90 Å². The van der Waals surface area contributed by atoms with E-state index in [4.69, 9.17) is 9.47 Å². The first-order valence-corrected chi connectivity index (χ1v) is 8.91. The number of esters is 1. The maximum atomic E-state index is 12.2. The lowest BCUT2D eigenvalue weighted by Gasteiger charge is -2.30. The standard InChI is InChI=1S/C19H26N2O5/c1-3-26-19(24)15-9-12-21(13-10-15)18(23)17(22)20-11-8-14-4-6-16(25-2)7-5-14/h4-7,15H,3,8-13H2,1-2H3,(H,20,22). The van der Waals surface area contributed by atoms with Gasteiger partial charge in [0.15, 0.2) is 0 Å². The highest BCUT2D eigenvalue weighted by atomic mass is 16.5. The number of rotatable bonds is 6. The number of piperidine rings is 1. The van der Waals surface area contributed by atoms with Crippen molar-refractivity contribution in [3.05, 3.63) is 29.8 Å². The zero-order valence-corrected chi connectivity index (χ0v) is 15.3. The molecule has 7 heteroatoms. The summed E-state index contributed by atoms with van der Waals surface area (Å²) in [5, 5.41) is 2.66. The highest BCUT2D eigenvalue weighted by Gasteiger charge is 2.30. The minimum absolute atomic E-state index is 0.183. The SMILES string of the molecule is CCOC(=O)C1CCN(C(=O)C(=O)NCCc2ccc(OC)cc2)CC1. The molecule has 1 N–H and O–H groups in total. The van der Waals surface area contributed by atoms with Crippen LogP contribution in [0.2, 0.25) is 0 Å². The van der Waals surface area contributed by atoms with Crippen molar-refractivity contribution in [2.24, 2.45) is 5.92 Å². The third-order valence-electron chi connectivity index (χ3n) is 4.45. The lowest BCUT2D eigenvalue weighted by atomic mass is 9.97. The van der Waals surface area contributed by atoms with Crippen molar-refractivity contribution < 1.29 is 23.9 Å². The number of hydrogen-bond donors (Lipinski definition) is 1. The average Bonchev–Trinajstić information content (AvgIpc) is 2.68. The minimum Gasteiger partial charge on any atom is -0.497 e. The number of nitrogens with zero attached hydrogens (tertiary/aromatic N) is 1. The van der Waals surface area contributed by atoms with Gasteiger partial charge in [-0.25, -0.2) is 0 Å². The number of hydrogen-bond acceptors (Lipinski definition) is 5. The number of likely N-dealkylation sites (tertiary alicyclic amines) is 1. The van der Waals surface area contributed by atoms with E-state index >= 15 is 0 Å². The van der Waals surface area contributed by atoms with Gasteiger partial charge in [0.05, 0.1) is 19.6 Å². The molecule has 26 heavy (non-hydrogen) atoms. The molecule has 0 spiro atoms. The predicted octanol–water partition coefficient (Wildman–Crippen LogP) is 1.16. The summed E-state index contributed by atoms with van der Waals surface area (Å²) in [5.41, 5.74) is 1.05. The second-order valence-electron chi connectivity index (χ2n) is 6.17. The number of nitrogens with one attached hydrogen (secondary N) is 1. The zero-order chi connectivity index (χ0) is 18.9. The van der Waals surface area contributed by atoms with Crippen LogP contribution in [0.5, 0.6) is 5.75 Å². The predicted molar refractivity (Wildman–Crippen MR) is 95.6 cm³/mol.